The second-order valence-corrected chi connectivity index (χ2v) is 9.44. The molecule has 162 valence electrons. The highest BCUT2D eigenvalue weighted by molar-refractivity contribution is 7.92. The summed E-state index contributed by atoms with van der Waals surface area (Å²) in [5.74, 6) is -0.511. The largest absolute Gasteiger partial charge is 0.366 e. The van der Waals surface area contributed by atoms with Gasteiger partial charge in [0.15, 0.2) is 0 Å². The van der Waals surface area contributed by atoms with Gasteiger partial charge in [0, 0.05) is 26.2 Å². The van der Waals surface area contributed by atoms with Gasteiger partial charge in [-0.1, -0.05) is 36.8 Å². The van der Waals surface area contributed by atoms with Crippen molar-refractivity contribution in [3.05, 3.63) is 59.9 Å². The fraction of sp³-hybridized carbons (Fsp3) is 0.409. The molecule has 2 aromatic rings. The van der Waals surface area contributed by atoms with E-state index in [0.717, 1.165) is 11.8 Å². The maximum absolute atomic E-state index is 14.1. The molecule has 1 amide bonds. The van der Waals surface area contributed by atoms with E-state index in [-0.39, 0.29) is 11.7 Å². The van der Waals surface area contributed by atoms with Crippen molar-refractivity contribution >= 4 is 27.3 Å². The van der Waals surface area contributed by atoms with E-state index in [0.29, 0.717) is 44.0 Å². The summed E-state index contributed by atoms with van der Waals surface area (Å²) in [7, 11) is -3.66. The molecule has 1 aliphatic rings. The van der Waals surface area contributed by atoms with Crippen LogP contribution in [0.5, 0.6) is 0 Å². The Kier molecular flexibility index (Phi) is 6.65. The van der Waals surface area contributed by atoms with Crippen molar-refractivity contribution < 1.29 is 17.6 Å². The lowest BCUT2D eigenvalue weighted by molar-refractivity contribution is -0.132. The van der Waals surface area contributed by atoms with Crippen molar-refractivity contribution in [1.29, 1.82) is 0 Å². The van der Waals surface area contributed by atoms with Crippen LogP contribution in [0.2, 0.25) is 0 Å². The van der Waals surface area contributed by atoms with Crippen molar-refractivity contribution in [3.63, 3.8) is 0 Å². The number of hydrogen-bond acceptors (Lipinski definition) is 4. The molecule has 3 rings (SSSR count). The van der Waals surface area contributed by atoms with Gasteiger partial charge < -0.3 is 9.80 Å². The van der Waals surface area contributed by atoms with E-state index >= 15 is 0 Å². The number of piperazine rings is 1. The van der Waals surface area contributed by atoms with Gasteiger partial charge in [-0.25, -0.2) is 12.8 Å². The number of para-hydroxylation sites is 1. The van der Waals surface area contributed by atoms with Gasteiger partial charge in [0.2, 0.25) is 15.9 Å². The average Bonchev–Trinajstić information content (AvgIpc) is 2.72. The van der Waals surface area contributed by atoms with Crippen LogP contribution in [0.4, 0.5) is 15.8 Å². The van der Waals surface area contributed by atoms with Crippen molar-refractivity contribution in [3.8, 4) is 0 Å². The Morgan fingerprint density at radius 1 is 1.07 bits per heavy atom. The Bertz CT molecular complexity index is 987. The fourth-order valence-electron chi connectivity index (χ4n) is 3.82. The SMILES string of the molecule is CC[C@H](C(=O)N1CCN(c2ccccc2F)CC1)N(c1ccc(C)cc1)S(C)(=O)=O. The third-order valence-electron chi connectivity index (χ3n) is 5.39. The van der Waals surface area contributed by atoms with Crippen molar-refractivity contribution in [2.75, 3.05) is 41.6 Å². The third kappa shape index (κ3) is 4.75. The minimum Gasteiger partial charge on any atom is -0.366 e. The third-order valence-corrected chi connectivity index (χ3v) is 6.56. The fourth-order valence-corrected chi connectivity index (χ4v) is 5.03. The summed E-state index contributed by atoms with van der Waals surface area (Å²) in [4.78, 5) is 16.9. The second kappa shape index (κ2) is 9.04. The number of amides is 1. The molecule has 0 bridgehead atoms. The molecule has 1 aliphatic heterocycles. The Balaban J connectivity index is 1.78. The van der Waals surface area contributed by atoms with E-state index in [1.807, 2.05) is 30.9 Å². The highest BCUT2D eigenvalue weighted by Crippen LogP contribution is 2.25. The number of rotatable bonds is 6. The normalized spacial score (nSPS) is 15.7. The van der Waals surface area contributed by atoms with E-state index in [1.54, 1.807) is 35.2 Å². The summed E-state index contributed by atoms with van der Waals surface area (Å²) in [6, 6.07) is 12.9. The summed E-state index contributed by atoms with van der Waals surface area (Å²) in [5, 5.41) is 0. The lowest BCUT2D eigenvalue weighted by Gasteiger charge is -2.39. The van der Waals surface area contributed by atoms with E-state index in [2.05, 4.69) is 0 Å². The molecule has 0 N–H and O–H groups in total. The molecule has 30 heavy (non-hydrogen) atoms. The van der Waals surface area contributed by atoms with Crippen LogP contribution >= 0.6 is 0 Å². The van der Waals surface area contributed by atoms with Crippen LogP contribution in [-0.2, 0) is 14.8 Å². The quantitative estimate of drug-likeness (QED) is 0.703. The monoisotopic (exact) mass is 433 g/mol. The number of sulfonamides is 1. The lowest BCUT2D eigenvalue weighted by atomic mass is 10.1. The minimum absolute atomic E-state index is 0.225. The molecule has 0 aliphatic carbocycles. The molecule has 2 aromatic carbocycles. The molecule has 1 heterocycles. The smallest absolute Gasteiger partial charge is 0.246 e. The number of halogens is 1. The van der Waals surface area contributed by atoms with Gasteiger partial charge >= 0.3 is 0 Å². The number of aryl methyl sites for hydroxylation is 1. The summed E-state index contributed by atoms with van der Waals surface area (Å²) in [5.41, 5.74) is 2.01. The highest BCUT2D eigenvalue weighted by Gasteiger charge is 2.35. The summed E-state index contributed by atoms with van der Waals surface area (Å²) < 4.78 is 40.5. The first kappa shape index (κ1) is 22.1. The van der Waals surface area contributed by atoms with Gasteiger partial charge in [-0.2, -0.15) is 0 Å². The molecule has 1 saturated heterocycles. The standard InChI is InChI=1S/C22H28FN3O3S/c1-4-20(26(30(3,28)29)18-11-9-17(2)10-12-18)22(27)25-15-13-24(14-16-25)21-8-6-5-7-19(21)23/h5-12,20H,4,13-16H2,1-3H3/t20-/m1/s1. The molecule has 0 spiro atoms. The highest BCUT2D eigenvalue weighted by atomic mass is 32.2. The van der Waals surface area contributed by atoms with Crippen molar-refractivity contribution in [2.45, 2.75) is 26.3 Å². The van der Waals surface area contributed by atoms with E-state index < -0.39 is 16.1 Å². The first-order chi connectivity index (χ1) is 14.2. The van der Waals surface area contributed by atoms with Crippen LogP contribution in [0.25, 0.3) is 0 Å². The van der Waals surface area contributed by atoms with Crippen LogP contribution in [0.15, 0.2) is 48.5 Å². The Morgan fingerprint density at radius 2 is 1.67 bits per heavy atom. The Labute approximate surface area is 177 Å². The number of benzene rings is 2. The number of hydrogen-bond donors (Lipinski definition) is 0. The molecule has 6 nitrogen and oxygen atoms in total. The lowest BCUT2D eigenvalue weighted by Crippen LogP contribution is -2.56. The number of anilines is 2. The maximum Gasteiger partial charge on any atom is 0.246 e. The van der Waals surface area contributed by atoms with Crippen molar-refractivity contribution in [2.24, 2.45) is 0 Å². The van der Waals surface area contributed by atoms with Crippen LogP contribution in [-0.4, -0.2) is 57.7 Å². The average molecular weight is 434 g/mol. The molecule has 0 saturated carbocycles. The zero-order valence-electron chi connectivity index (χ0n) is 17.6. The van der Waals surface area contributed by atoms with E-state index in [9.17, 15) is 17.6 Å². The molecule has 0 aromatic heterocycles. The predicted molar refractivity (Wildman–Crippen MR) is 118 cm³/mol. The van der Waals surface area contributed by atoms with Gasteiger partial charge in [-0.3, -0.25) is 9.10 Å². The summed E-state index contributed by atoms with van der Waals surface area (Å²) in [6.07, 6.45) is 1.48. The molecular formula is C22H28FN3O3S. The first-order valence-corrected chi connectivity index (χ1v) is 11.9. The minimum atomic E-state index is -3.66. The van der Waals surface area contributed by atoms with Crippen LogP contribution < -0.4 is 9.21 Å². The summed E-state index contributed by atoms with van der Waals surface area (Å²) in [6.45, 7) is 5.54. The molecule has 0 unspecified atom stereocenters. The Morgan fingerprint density at radius 3 is 2.20 bits per heavy atom. The van der Waals surface area contributed by atoms with Gasteiger partial charge in [-0.15, -0.1) is 0 Å². The van der Waals surface area contributed by atoms with Crippen LogP contribution in [0.3, 0.4) is 0 Å². The van der Waals surface area contributed by atoms with Gasteiger partial charge in [0.1, 0.15) is 11.9 Å². The van der Waals surface area contributed by atoms with Gasteiger partial charge in [0.25, 0.3) is 0 Å². The number of carbonyl (C=O) groups is 1. The predicted octanol–water partition coefficient (Wildman–Crippen LogP) is 3.03. The second-order valence-electron chi connectivity index (χ2n) is 7.58. The molecule has 8 heteroatoms. The van der Waals surface area contributed by atoms with Crippen LogP contribution in [0.1, 0.15) is 18.9 Å². The molecular weight excluding hydrogens is 405 g/mol. The zero-order valence-corrected chi connectivity index (χ0v) is 18.4. The van der Waals surface area contributed by atoms with Crippen molar-refractivity contribution in [1.82, 2.24) is 4.90 Å². The zero-order chi connectivity index (χ0) is 21.9. The first-order valence-electron chi connectivity index (χ1n) is 10.1. The number of nitrogens with zero attached hydrogens (tertiary/aromatic N) is 3. The van der Waals surface area contributed by atoms with Gasteiger partial charge in [0.05, 0.1) is 17.6 Å². The molecule has 0 radical (unpaired) electrons. The number of carbonyl (C=O) groups excluding carboxylic acids is 1. The van der Waals surface area contributed by atoms with Gasteiger partial charge in [-0.05, 0) is 37.6 Å². The molecule has 1 atom stereocenters. The molecule has 1 fully saturated rings. The summed E-state index contributed by atoms with van der Waals surface area (Å²) >= 11 is 0. The maximum atomic E-state index is 14.1. The van der Waals surface area contributed by atoms with E-state index in [4.69, 9.17) is 0 Å². The van der Waals surface area contributed by atoms with E-state index in [1.165, 1.54) is 10.4 Å². The topological polar surface area (TPSA) is 60.9 Å². The Hall–Kier alpha value is -2.61. The van der Waals surface area contributed by atoms with Crippen LogP contribution in [0, 0.1) is 12.7 Å².